The minimum absolute atomic E-state index is 0.00123. The minimum atomic E-state index is -0.375. The summed E-state index contributed by atoms with van der Waals surface area (Å²) in [7, 11) is 1.58. The Morgan fingerprint density at radius 1 is 0.939 bits per heavy atom. The van der Waals surface area contributed by atoms with Crippen LogP contribution in [0.4, 0.5) is 5.69 Å². The number of benzene rings is 3. The maximum Gasteiger partial charge on any atom is 0.262 e. The molecule has 0 bridgehead atoms. The maximum atomic E-state index is 13.4. The predicted molar refractivity (Wildman–Crippen MR) is 129 cm³/mol. The van der Waals surface area contributed by atoms with Crippen molar-refractivity contribution in [1.29, 1.82) is 0 Å². The molecule has 4 aromatic rings. The van der Waals surface area contributed by atoms with Crippen LogP contribution in [0.25, 0.3) is 22.3 Å². The van der Waals surface area contributed by atoms with E-state index in [4.69, 9.17) is 13.9 Å². The van der Waals surface area contributed by atoms with Crippen molar-refractivity contribution in [1.82, 2.24) is 0 Å². The van der Waals surface area contributed by atoms with Gasteiger partial charge in [0.25, 0.3) is 5.91 Å². The van der Waals surface area contributed by atoms with Crippen LogP contribution in [0.3, 0.4) is 0 Å². The molecule has 6 nitrogen and oxygen atoms in total. The summed E-state index contributed by atoms with van der Waals surface area (Å²) in [5.74, 6) is 0.565. The lowest BCUT2D eigenvalue weighted by Gasteiger charge is -2.13. The summed E-state index contributed by atoms with van der Waals surface area (Å²) in [6, 6.07) is 18.3. The topological polar surface area (TPSA) is 77.8 Å². The second-order valence-electron chi connectivity index (χ2n) is 7.98. The normalized spacial score (nSPS) is 10.8. The van der Waals surface area contributed by atoms with Crippen molar-refractivity contribution in [2.75, 3.05) is 19.0 Å². The van der Waals surface area contributed by atoms with Crippen molar-refractivity contribution < 1.29 is 18.7 Å². The summed E-state index contributed by atoms with van der Waals surface area (Å²) in [6.07, 6.45) is 0. The van der Waals surface area contributed by atoms with Crippen molar-refractivity contribution in [2.24, 2.45) is 0 Å². The van der Waals surface area contributed by atoms with Crippen LogP contribution in [0.5, 0.6) is 11.5 Å². The molecule has 0 aliphatic heterocycles. The molecular formula is C27H25NO5. The predicted octanol–water partition coefficient (Wildman–Crippen LogP) is 5.41. The van der Waals surface area contributed by atoms with Crippen LogP contribution in [-0.2, 0) is 4.79 Å². The van der Waals surface area contributed by atoms with Gasteiger partial charge in [0.1, 0.15) is 11.3 Å². The number of amides is 1. The molecule has 1 aromatic heterocycles. The first-order valence-corrected chi connectivity index (χ1v) is 10.6. The van der Waals surface area contributed by atoms with Crippen molar-refractivity contribution in [3.8, 4) is 22.8 Å². The van der Waals surface area contributed by atoms with E-state index in [0.29, 0.717) is 28.0 Å². The maximum absolute atomic E-state index is 13.4. The lowest BCUT2D eigenvalue weighted by Crippen LogP contribution is -2.22. The quantitative estimate of drug-likeness (QED) is 0.431. The molecule has 168 valence electrons. The summed E-state index contributed by atoms with van der Waals surface area (Å²) in [5, 5.41) is 3.21. The number of ether oxygens (including phenoxy) is 2. The molecule has 6 heteroatoms. The van der Waals surface area contributed by atoms with Gasteiger partial charge >= 0.3 is 0 Å². The second kappa shape index (κ2) is 9.20. The Labute approximate surface area is 191 Å². The molecular weight excluding hydrogens is 418 g/mol. The van der Waals surface area contributed by atoms with Crippen LogP contribution in [0, 0.1) is 20.8 Å². The Balaban J connectivity index is 1.72. The van der Waals surface area contributed by atoms with Gasteiger partial charge in [-0.1, -0.05) is 23.8 Å². The van der Waals surface area contributed by atoms with Crippen LogP contribution in [-0.4, -0.2) is 19.6 Å². The standard InChI is InChI=1S/C27H25NO5/c1-16-5-9-20(10-6-16)28-23(29)15-32-27-25(30)24-18(3)13-17(2)14-22(24)33-26(27)19-7-11-21(31-4)12-8-19/h5-14H,15H2,1-4H3,(H,28,29). The van der Waals surface area contributed by atoms with Gasteiger partial charge < -0.3 is 19.2 Å². The smallest absolute Gasteiger partial charge is 0.262 e. The summed E-state index contributed by atoms with van der Waals surface area (Å²) in [4.78, 5) is 25.9. The van der Waals surface area contributed by atoms with Crippen LogP contribution in [0.15, 0.2) is 69.9 Å². The van der Waals surface area contributed by atoms with Crippen LogP contribution in [0.1, 0.15) is 16.7 Å². The average molecular weight is 443 g/mol. The molecule has 0 aliphatic carbocycles. The number of aryl methyl sites for hydroxylation is 3. The van der Waals surface area contributed by atoms with Crippen molar-refractivity contribution in [3.05, 3.63) is 87.6 Å². The van der Waals surface area contributed by atoms with Gasteiger partial charge in [0.05, 0.1) is 12.5 Å². The fourth-order valence-electron chi connectivity index (χ4n) is 3.71. The molecule has 0 radical (unpaired) electrons. The van der Waals surface area contributed by atoms with Crippen molar-refractivity contribution in [3.63, 3.8) is 0 Å². The van der Waals surface area contributed by atoms with E-state index < -0.39 is 0 Å². The van der Waals surface area contributed by atoms with Gasteiger partial charge in [-0.25, -0.2) is 0 Å². The zero-order valence-corrected chi connectivity index (χ0v) is 19.0. The molecule has 0 fully saturated rings. The summed E-state index contributed by atoms with van der Waals surface area (Å²) < 4.78 is 17.2. The highest BCUT2D eigenvalue weighted by Crippen LogP contribution is 2.33. The van der Waals surface area contributed by atoms with Gasteiger partial charge in [-0.15, -0.1) is 0 Å². The molecule has 0 spiro atoms. The zero-order chi connectivity index (χ0) is 23.5. The van der Waals surface area contributed by atoms with Gasteiger partial charge in [-0.2, -0.15) is 0 Å². The monoisotopic (exact) mass is 443 g/mol. The molecule has 33 heavy (non-hydrogen) atoms. The SMILES string of the molecule is COc1ccc(-c2oc3cc(C)cc(C)c3c(=O)c2OCC(=O)Nc2ccc(C)cc2)cc1. The molecule has 0 atom stereocenters. The number of carbonyl (C=O) groups excluding carboxylic acids is 1. The first-order valence-electron chi connectivity index (χ1n) is 10.6. The van der Waals surface area contributed by atoms with Crippen molar-refractivity contribution in [2.45, 2.75) is 20.8 Å². The third-order valence-corrected chi connectivity index (χ3v) is 5.33. The largest absolute Gasteiger partial charge is 0.497 e. The molecule has 4 rings (SSSR count). The highest BCUT2D eigenvalue weighted by Gasteiger charge is 2.20. The van der Waals surface area contributed by atoms with E-state index in [-0.39, 0.29) is 29.5 Å². The van der Waals surface area contributed by atoms with E-state index in [1.165, 1.54) is 0 Å². The first kappa shape index (κ1) is 22.1. The van der Waals surface area contributed by atoms with Crippen LogP contribution >= 0.6 is 0 Å². The highest BCUT2D eigenvalue weighted by molar-refractivity contribution is 5.92. The van der Waals surface area contributed by atoms with E-state index in [9.17, 15) is 9.59 Å². The number of methoxy groups -OCH3 is 1. The zero-order valence-electron chi connectivity index (χ0n) is 19.0. The van der Waals surface area contributed by atoms with Gasteiger partial charge in [-0.3, -0.25) is 9.59 Å². The first-order chi connectivity index (χ1) is 15.9. The highest BCUT2D eigenvalue weighted by atomic mass is 16.5. The molecule has 0 saturated heterocycles. The lowest BCUT2D eigenvalue weighted by atomic mass is 10.0. The summed E-state index contributed by atoms with van der Waals surface area (Å²) >= 11 is 0. The van der Waals surface area contributed by atoms with E-state index in [1.807, 2.05) is 57.2 Å². The second-order valence-corrected chi connectivity index (χ2v) is 7.98. The number of carbonyl (C=O) groups is 1. The average Bonchev–Trinajstić information content (AvgIpc) is 2.79. The number of fused-ring (bicyclic) bond motifs is 1. The number of rotatable bonds is 6. The van der Waals surface area contributed by atoms with Crippen LogP contribution < -0.4 is 20.2 Å². The Morgan fingerprint density at radius 2 is 1.64 bits per heavy atom. The Bertz CT molecular complexity index is 1370. The number of nitrogens with one attached hydrogen (secondary N) is 1. The van der Waals surface area contributed by atoms with E-state index in [0.717, 1.165) is 16.7 Å². The van der Waals surface area contributed by atoms with E-state index >= 15 is 0 Å². The van der Waals surface area contributed by atoms with Gasteiger partial charge in [-0.05, 0) is 74.4 Å². The van der Waals surface area contributed by atoms with Crippen LogP contribution in [0.2, 0.25) is 0 Å². The number of anilines is 1. The molecule has 1 heterocycles. The summed E-state index contributed by atoms with van der Waals surface area (Å²) in [6.45, 7) is 5.43. The van der Waals surface area contributed by atoms with E-state index in [2.05, 4.69) is 5.32 Å². The fourth-order valence-corrected chi connectivity index (χ4v) is 3.71. The Hall–Kier alpha value is -4.06. The third kappa shape index (κ3) is 4.75. The lowest BCUT2D eigenvalue weighted by molar-refractivity contribution is -0.118. The fraction of sp³-hybridized carbons (Fsp3) is 0.185. The van der Waals surface area contributed by atoms with Gasteiger partial charge in [0.15, 0.2) is 12.4 Å². The minimum Gasteiger partial charge on any atom is -0.497 e. The van der Waals surface area contributed by atoms with E-state index in [1.54, 1.807) is 31.4 Å². The molecule has 0 aliphatic rings. The Morgan fingerprint density at radius 3 is 2.30 bits per heavy atom. The number of hydrogen-bond acceptors (Lipinski definition) is 5. The van der Waals surface area contributed by atoms with Gasteiger partial charge in [0, 0.05) is 11.3 Å². The van der Waals surface area contributed by atoms with Crippen molar-refractivity contribution >= 4 is 22.6 Å². The third-order valence-electron chi connectivity index (χ3n) is 5.33. The molecule has 0 saturated carbocycles. The molecule has 3 aromatic carbocycles. The van der Waals surface area contributed by atoms with Gasteiger partial charge in [0.2, 0.25) is 11.2 Å². The molecule has 0 unspecified atom stereocenters. The Kier molecular flexibility index (Phi) is 6.18. The molecule has 1 N–H and O–H groups in total. The number of hydrogen-bond donors (Lipinski definition) is 1. The summed E-state index contributed by atoms with van der Waals surface area (Å²) in [5.41, 5.74) is 4.31. The molecule has 1 amide bonds.